The van der Waals surface area contributed by atoms with Crippen LogP contribution in [-0.4, -0.2) is 51.5 Å². The van der Waals surface area contributed by atoms with E-state index >= 15 is 0 Å². The van der Waals surface area contributed by atoms with E-state index in [4.69, 9.17) is 16.3 Å². The Kier molecular flexibility index (Phi) is 5.37. The van der Waals surface area contributed by atoms with Crippen molar-refractivity contribution in [1.82, 2.24) is 9.62 Å². The zero-order chi connectivity index (χ0) is 20.9. The fourth-order valence-electron chi connectivity index (χ4n) is 6.64. The van der Waals surface area contributed by atoms with E-state index in [0.29, 0.717) is 32.8 Å². The fraction of sp³-hybridized carbons (Fsp3) is 0.682. The highest BCUT2D eigenvalue weighted by atomic mass is 35.5. The zero-order valence-electron chi connectivity index (χ0n) is 17.1. The third-order valence-corrected chi connectivity index (χ3v) is 9.80. The Morgan fingerprint density at radius 3 is 2.30 bits per heavy atom. The van der Waals surface area contributed by atoms with Crippen molar-refractivity contribution in [2.75, 3.05) is 32.8 Å². The van der Waals surface area contributed by atoms with Gasteiger partial charge in [0.05, 0.1) is 28.7 Å². The first kappa shape index (κ1) is 20.7. The number of benzene rings is 1. The van der Waals surface area contributed by atoms with Gasteiger partial charge >= 0.3 is 0 Å². The topological polar surface area (TPSA) is 75.7 Å². The van der Waals surface area contributed by atoms with Gasteiger partial charge in [0.25, 0.3) is 5.91 Å². The van der Waals surface area contributed by atoms with Gasteiger partial charge in [-0.15, -0.1) is 0 Å². The van der Waals surface area contributed by atoms with Crippen LogP contribution in [0.25, 0.3) is 0 Å². The first-order valence-corrected chi connectivity index (χ1v) is 12.8. The molecule has 0 atom stereocenters. The Bertz CT molecular complexity index is 907. The molecule has 1 N–H and O–H groups in total. The van der Waals surface area contributed by atoms with Gasteiger partial charge in [0.15, 0.2) is 0 Å². The highest BCUT2D eigenvalue weighted by Crippen LogP contribution is 2.59. The van der Waals surface area contributed by atoms with Gasteiger partial charge in [-0.1, -0.05) is 11.6 Å². The average Bonchev–Trinajstić information content (AvgIpc) is 2.72. The highest BCUT2D eigenvalue weighted by molar-refractivity contribution is 7.89. The van der Waals surface area contributed by atoms with Crippen LogP contribution < -0.4 is 5.32 Å². The molecule has 4 aliphatic carbocycles. The maximum Gasteiger partial charge on any atom is 0.252 e. The number of amides is 1. The number of hydrogen-bond acceptors (Lipinski definition) is 4. The number of hydrogen-bond donors (Lipinski definition) is 1. The molecule has 0 radical (unpaired) electrons. The molecular weight excluding hydrogens is 424 g/mol. The number of carbonyl (C=O) groups is 1. The van der Waals surface area contributed by atoms with Crippen LogP contribution in [0.4, 0.5) is 0 Å². The molecule has 8 heteroatoms. The monoisotopic (exact) mass is 452 g/mol. The Hall–Kier alpha value is -1.15. The summed E-state index contributed by atoms with van der Waals surface area (Å²) >= 11 is 6.29. The second-order valence-electron chi connectivity index (χ2n) is 9.76. The predicted octanol–water partition coefficient (Wildman–Crippen LogP) is 3.31. The number of rotatable bonds is 5. The highest BCUT2D eigenvalue weighted by Gasteiger charge is 2.50. The van der Waals surface area contributed by atoms with Gasteiger partial charge in [-0.25, -0.2) is 8.42 Å². The van der Waals surface area contributed by atoms with Crippen LogP contribution in [0.2, 0.25) is 5.02 Å². The van der Waals surface area contributed by atoms with Crippen LogP contribution in [0.5, 0.6) is 0 Å². The lowest BCUT2D eigenvalue weighted by Crippen LogP contribution is -2.51. The van der Waals surface area contributed by atoms with Crippen molar-refractivity contribution in [3.8, 4) is 0 Å². The summed E-state index contributed by atoms with van der Waals surface area (Å²) in [5.41, 5.74) is 0.449. The largest absolute Gasteiger partial charge is 0.379 e. The number of carbonyl (C=O) groups excluding carboxylic acids is 1. The van der Waals surface area contributed by atoms with Gasteiger partial charge in [0.2, 0.25) is 10.0 Å². The van der Waals surface area contributed by atoms with Gasteiger partial charge in [-0.2, -0.15) is 4.31 Å². The minimum Gasteiger partial charge on any atom is -0.379 e. The maximum absolute atomic E-state index is 13.0. The van der Waals surface area contributed by atoms with Crippen molar-refractivity contribution >= 4 is 27.5 Å². The minimum absolute atomic E-state index is 0.105. The Labute approximate surface area is 183 Å². The van der Waals surface area contributed by atoms with E-state index in [0.717, 1.165) is 17.8 Å². The van der Waals surface area contributed by atoms with Gasteiger partial charge in [0, 0.05) is 19.6 Å². The number of nitrogens with one attached hydrogen (secondary N) is 1. The molecule has 164 valence electrons. The van der Waals surface area contributed by atoms with Crippen molar-refractivity contribution in [2.24, 2.45) is 23.2 Å². The van der Waals surface area contributed by atoms with Crippen LogP contribution in [-0.2, 0) is 14.8 Å². The quantitative estimate of drug-likeness (QED) is 0.743. The van der Waals surface area contributed by atoms with E-state index in [1.807, 2.05) is 0 Å². The van der Waals surface area contributed by atoms with E-state index < -0.39 is 10.0 Å². The lowest BCUT2D eigenvalue weighted by Gasteiger charge is -2.56. The maximum atomic E-state index is 13.0. The predicted molar refractivity (Wildman–Crippen MR) is 114 cm³/mol. The van der Waals surface area contributed by atoms with Gasteiger partial charge in [0.1, 0.15) is 0 Å². The van der Waals surface area contributed by atoms with Crippen molar-refractivity contribution in [3.63, 3.8) is 0 Å². The zero-order valence-corrected chi connectivity index (χ0v) is 18.7. The van der Waals surface area contributed by atoms with Crippen LogP contribution in [0.15, 0.2) is 23.1 Å². The third kappa shape index (κ3) is 3.78. The summed E-state index contributed by atoms with van der Waals surface area (Å²) in [5, 5.41) is 3.38. The molecular formula is C22H29ClN2O4S. The van der Waals surface area contributed by atoms with E-state index in [-0.39, 0.29) is 26.8 Å². The first-order valence-electron chi connectivity index (χ1n) is 11.0. The summed E-state index contributed by atoms with van der Waals surface area (Å²) in [7, 11) is -3.67. The van der Waals surface area contributed by atoms with Gasteiger partial charge < -0.3 is 10.1 Å². The van der Waals surface area contributed by atoms with Crippen molar-refractivity contribution in [2.45, 2.75) is 43.4 Å². The lowest BCUT2D eigenvalue weighted by molar-refractivity contribution is -0.0503. The van der Waals surface area contributed by atoms with Gasteiger partial charge in [-0.3, -0.25) is 4.79 Å². The van der Waals surface area contributed by atoms with Crippen molar-refractivity contribution < 1.29 is 17.9 Å². The summed E-state index contributed by atoms with van der Waals surface area (Å²) in [4.78, 5) is 13.1. The van der Waals surface area contributed by atoms with Crippen LogP contribution in [0.1, 0.15) is 48.9 Å². The van der Waals surface area contributed by atoms with E-state index in [2.05, 4.69) is 5.32 Å². The smallest absolute Gasteiger partial charge is 0.252 e. The summed E-state index contributed by atoms with van der Waals surface area (Å²) in [6.07, 6.45) is 7.71. The van der Waals surface area contributed by atoms with E-state index in [1.54, 1.807) is 0 Å². The lowest BCUT2D eigenvalue weighted by atomic mass is 9.49. The molecule has 1 heterocycles. The molecule has 1 aliphatic heterocycles. The molecule has 0 unspecified atom stereocenters. The molecule has 0 aromatic heterocycles. The minimum atomic E-state index is -3.67. The average molecular weight is 453 g/mol. The molecule has 6 nitrogen and oxygen atoms in total. The van der Waals surface area contributed by atoms with Crippen LogP contribution >= 0.6 is 11.6 Å². The summed E-state index contributed by atoms with van der Waals surface area (Å²) < 4.78 is 32.6. The second-order valence-corrected chi connectivity index (χ2v) is 12.1. The number of ether oxygens (including phenoxy) is 1. The fourth-order valence-corrected chi connectivity index (χ4v) is 8.28. The number of sulfonamides is 1. The van der Waals surface area contributed by atoms with Crippen molar-refractivity contribution in [3.05, 3.63) is 28.8 Å². The van der Waals surface area contributed by atoms with E-state index in [1.165, 1.54) is 61.0 Å². The molecule has 5 aliphatic rings. The molecule has 1 saturated heterocycles. The summed E-state index contributed by atoms with van der Waals surface area (Å²) in [6, 6.07) is 4.40. The van der Waals surface area contributed by atoms with E-state index in [9.17, 15) is 13.2 Å². The number of morpholine rings is 1. The Morgan fingerprint density at radius 2 is 1.70 bits per heavy atom. The molecule has 4 saturated carbocycles. The summed E-state index contributed by atoms with van der Waals surface area (Å²) in [5.74, 6) is 2.17. The molecule has 5 fully saturated rings. The summed E-state index contributed by atoms with van der Waals surface area (Å²) in [6.45, 7) is 2.06. The SMILES string of the molecule is O=C(NCC12CC3CC(CC(C3)C1)C2)c1cc(S(=O)(=O)N2CCOCC2)ccc1Cl. The number of halogens is 1. The normalized spacial score (nSPS) is 33.6. The number of nitrogens with zero attached hydrogens (tertiary/aromatic N) is 1. The molecule has 4 bridgehead atoms. The second kappa shape index (κ2) is 7.76. The first-order chi connectivity index (χ1) is 14.3. The van der Waals surface area contributed by atoms with Crippen LogP contribution in [0, 0.1) is 23.2 Å². The van der Waals surface area contributed by atoms with Crippen molar-refractivity contribution in [1.29, 1.82) is 0 Å². The standard InChI is InChI=1S/C22H29ClN2O4S/c23-20-2-1-18(30(27,28)25-3-5-29-6-4-25)10-19(20)21(26)24-14-22-11-15-7-16(12-22)9-17(8-15)13-22/h1-2,10,15-17H,3-9,11-14H2,(H,24,26). The Morgan fingerprint density at radius 1 is 1.10 bits per heavy atom. The molecule has 30 heavy (non-hydrogen) atoms. The molecule has 1 amide bonds. The van der Waals surface area contributed by atoms with Crippen LogP contribution in [0.3, 0.4) is 0 Å². The Balaban J connectivity index is 1.32. The molecule has 1 aromatic carbocycles. The van der Waals surface area contributed by atoms with Gasteiger partial charge in [-0.05, 0) is 79.9 Å². The molecule has 0 spiro atoms. The third-order valence-electron chi connectivity index (χ3n) is 7.58. The molecule has 6 rings (SSSR count). The molecule has 1 aromatic rings.